The Labute approximate surface area is 156 Å². The molecule has 2 fully saturated rings. The molecule has 0 radical (unpaired) electrons. The first-order valence-electron chi connectivity index (χ1n) is 9.26. The maximum absolute atomic E-state index is 13.1. The van der Waals surface area contributed by atoms with Gasteiger partial charge in [0.1, 0.15) is 0 Å². The summed E-state index contributed by atoms with van der Waals surface area (Å²) < 4.78 is 44.8. The van der Waals surface area contributed by atoms with E-state index in [-0.39, 0.29) is 19.1 Å². The second kappa shape index (κ2) is 8.06. The van der Waals surface area contributed by atoms with E-state index in [1.807, 2.05) is 0 Å². The zero-order chi connectivity index (χ0) is 19.5. The van der Waals surface area contributed by atoms with Crippen LogP contribution in [0.4, 0.5) is 18.0 Å². The van der Waals surface area contributed by atoms with Crippen molar-refractivity contribution in [2.75, 3.05) is 32.8 Å². The standard InChI is InChI=1S/C19H25F3N2O3/c20-19(21,22)15-4-1-3-14(11-15)18(6-9-27-10-7-18)13-23-17(26)24-8-2-5-16(25)12-24/h1,3-4,11,16,25H,2,5-10,12-13H2,(H,23,26). The number of halogens is 3. The predicted molar refractivity (Wildman–Crippen MR) is 93.4 cm³/mol. The molecule has 2 amide bonds. The third-order valence-electron chi connectivity index (χ3n) is 5.51. The fraction of sp³-hybridized carbons (Fsp3) is 0.632. The topological polar surface area (TPSA) is 61.8 Å². The SMILES string of the molecule is O=C(NCC1(c2cccc(C(F)(F)F)c2)CCOCC1)N1CCCC(O)C1. The number of piperidine rings is 1. The van der Waals surface area contributed by atoms with Gasteiger partial charge < -0.3 is 20.1 Å². The number of hydrogen-bond acceptors (Lipinski definition) is 3. The van der Waals surface area contributed by atoms with Crippen molar-refractivity contribution in [3.8, 4) is 0 Å². The highest BCUT2D eigenvalue weighted by Crippen LogP contribution is 2.37. The molecule has 2 aliphatic heterocycles. The Morgan fingerprint density at radius 2 is 2.07 bits per heavy atom. The zero-order valence-electron chi connectivity index (χ0n) is 15.1. The number of rotatable bonds is 3. The molecule has 0 bridgehead atoms. The molecule has 2 heterocycles. The molecule has 27 heavy (non-hydrogen) atoms. The molecule has 1 aromatic carbocycles. The van der Waals surface area contributed by atoms with E-state index in [1.54, 1.807) is 11.0 Å². The number of β-amino-alcohol motifs (C(OH)–C–C–N with tert-alkyl or cyclic N) is 1. The number of ether oxygens (including phenoxy) is 1. The molecule has 2 saturated heterocycles. The highest BCUT2D eigenvalue weighted by molar-refractivity contribution is 5.74. The van der Waals surface area contributed by atoms with Gasteiger partial charge in [-0.15, -0.1) is 0 Å². The number of aliphatic hydroxyl groups is 1. The zero-order valence-corrected chi connectivity index (χ0v) is 15.1. The Balaban J connectivity index is 1.76. The molecule has 8 heteroatoms. The number of urea groups is 1. The lowest BCUT2D eigenvalue weighted by Gasteiger charge is -2.39. The summed E-state index contributed by atoms with van der Waals surface area (Å²) in [6, 6.07) is 5.06. The lowest BCUT2D eigenvalue weighted by Crippen LogP contribution is -2.51. The van der Waals surface area contributed by atoms with Crippen LogP contribution in [0, 0.1) is 0 Å². The smallest absolute Gasteiger partial charge is 0.391 e. The predicted octanol–water partition coefficient (Wildman–Crippen LogP) is 2.92. The summed E-state index contributed by atoms with van der Waals surface area (Å²) in [5, 5.41) is 12.6. The van der Waals surface area contributed by atoms with E-state index in [0.717, 1.165) is 12.5 Å². The van der Waals surface area contributed by atoms with Crippen LogP contribution in [-0.2, 0) is 16.3 Å². The molecular formula is C19H25F3N2O3. The summed E-state index contributed by atoms with van der Waals surface area (Å²) >= 11 is 0. The Kier molecular flexibility index (Phi) is 5.95. The molecule has 1 aromatic rings. The quantitative estimate of drug-likeness (QED) is 0.840. The summed E-state index contributed by atoms with van der Waals surface area (Å²) in [6.45, 7) is 1.97. The van der Waals surface area contributed by atoms with Crippen molar-refractivity contribution in [1.29, 1.82) is 0 Å². The number of alkyl halides is 3. The number of aliphatic hydroxyl groups excluding tert-OH is 1. The van der Waals surface area contributed by atoms with E-state index in [0.29, 0.717) is 44.6 Å². The van der Waals surface area contributed by atoms with Crippen LogP contribution in [0.25, 0.3) is 0 Å². The van der Waals surface area contributed by atoms with Gasteiger partial charge in [0, 0.05) is 38.3 Å². The molecule has 0 saturated carbocycles. The van der Waals surface area contributed by atoms with Crippen LogP contribution in [0.5, 0.6) is 0 Å². The lowest BCUT2D eigenvalue weighted by atomic mass is 9.73. The van der Waals surface area contributed by atoms with E-state index in [4.69, 9.17) is 4.74 Å². The Morgan fingerprint density at radius 1 is 1.33 bits per heavy atom. The van der Waals surface area contributed by atoms with E-state index in [1.165, 1.54) is 12.1 Å². The molecule has 1 unspecified atom stereocenters. The first-order chi connectivity index (χ1) is 12.8. The molecule has 3 rings (SSSR count). The third kappa shape index (κ3) is 4.73. The molecule has 0 aliphatic carbocycles. The van der Waals surface area contributed by atoms with Crippen molar-refractivity contribution in [1.82, 2.24) is 10.2 Å². The van der Waals surface area contributed by atoms with Crippen LogP contribution in [0.1, 0.15) is 36.8 Å². The van der Waals surface area contributed by atoms with E-state index >= 15 is 0 Å². The fourth-order valence-corrected chi connectivity index (χ4v) is 3.85. The normalized spacial score (nSPS) is 23.1. The van der Waals surface area contributed by atoms with Crippen LogP contribution in [-0.4, -0.2) is 55.0 Å². The Morgan fingerprint density at radius 3 is 2.74 bits per heavy atom. The Hall–Kier alpha value is -1.80. The molecule has 1 atom stereocenters. The average Bonchev–Trinajstić information content (AvgIpc) is 2.66. The lowest BCUT2D eigenvalue weighted by molar-refractivity contribution is -0.137. The number of benzene rings is 1. The van der Waals surface area contributed by atoms with Crippen molar-refractivity contribution in [3.63, 3.8) is 0 Å². The van der Waals surface area contributed by atoms with Gasteiger partial charge in [-0.25, -0.2) is 4.79 Å². The summed E-state index contributed by atoms with van der Waals surface area (Å²) in [7, 11) is 0. The summed E-state index contributed by atoms with van der Waals surface area (Å²) in [4.78, 5) is 14.0. The second-order valence-electron chi connectivity index (χ2n) is 7.37. The van der Waals surface area contributed by atoms with E-state index < -0.39 is 23.3 Å². The maximum atomic E-state index is 13.1. The Bertz CT molecular complexity index is 660. The minimum Gasteiger partial charge on any atom is -0.391 e. The number of carbonyl (C=O) groups excluding carboxylic acids is 1. The second-order valence-corrected chi connectivity index (χ2v) is 7.37. The minimum atomic E-state index is -4.41. The molecule has 2 aliphatic rings. The molecule has 5 nitrogen and oxygen atoms in total. The van der Waals surface area contributed by atoms with E-state index in [9.17, 15) is 23.1 Å². The van der Waals surface area contributed by atoms with Crippen LogP contribution >= 0.6 is 0 Å². The van der Waals surface area contributed by atoms with Crippen LogP contribution in [0.3, 0.4) is 0 Å². The van der Waals surface area contributed by atoms with Gasteiger partial charge >= 0.3 is 12.2 Å². The summed E-state index contributed by atoms with van der Waals surface area (Å²) in [6.07, 6.45) is -2.44. The van der Waals surface area contributed by atoms with Gasteiger partial charge in [0.15, 0.2) is 0 Å². The molecule has 2 N–H and O–H groups in total. The maximum Gasteiger partial charge on any atom is 0.416 e. The third-order valence-corrected chi connectivity index (χ3v) is 5.51. The number of nitrogens with zero attached hydrogens (tertiary/aromatic N) is 1. The van der Waals surface area contributed by atoms with Crippen molar-refractivity contribution < 1.29 is 27.8 Å². The number of nitrogens with one attached hydrogen (secondary N) is 1. The van der Waals surface area contributed by atoms with Crippen molar-refractivity contribution >= 4 is 6.03 Å². The first-order valence-corrected chi connectivity index (χ1v) is 9.26. The van der Waals surface area contributed by atoms with Gasteiger partial charge in [0.2, 0.25) is 0 Å². The van der Waals surface area contributed by atoms with Crippen LogP contribution in [0.2, 0.25) is 0 Å². The number of hydrogen-bond donors (Lipinski definition) is 2. The van der Waals surface area contributed by atoms with Gasteiger partial charge in [-0.05, 0) is 37.3 Å². The van der Waals surface area contributed by atoms with Crippen molar-refractivity contribution in [2.24, 2.45) is 0 Å². The highest BCUT2D eigenvalue weighted by atomic mass is 19.4. The van der Waals surface area contributed by atoms with Crippen LogP contribution in [0.15, 0.2) is 24.3 Å². The van der Waals surface area contributed by atoms with Crippen molar-refractivity contribution in [2.45, 2.75) is 43.4 Å². The van der Waals surface area contributed by atoms with Crippen molar-refractivity contribution in [3.05, 3.63) is 35.4 Å². The highest BCUT2D eigenvalue weighted by Gasteiger charge is 2.38. The van der Waals surface area contributed by atoms with Gasteiger partial charge in [0.25, 0.3) is 0 Å². The van der Waals surface area contributed by atoms with Gasteiger partial charge in [0.05, 0.1) is 11.7 Å². The summed E-state index contributed by atoms with van der Waals surface area (Å²) in [5.74, 6) is 0. The minimum absolute atomic E-state index is 0.239. The monoisotopic (exact) mass is 386 g/mol. The van der Waals surface area contributed by atoms with Crippen LogP contribution < -0.4 is 5.32 Å². The number of likely N-dealkylation sites (tertiary alicyclic amines) is 1. The largest absolute Gasteiger partial charge is 0.416 e. The fourth-order valence-electron chi connectivity index (χ4n) is 3.85. The molecule has 0 spiro atoms. The molecule has 150 valence electrons. The number of carbonyl (C=O) groups is 1. The first kappa shape index (κ1) is 19.9. The number of amides is 2. The molecule has 0 aromatic heterocycles. The summed E-state index contributed by atoms with van der Waals surface area (Å²) in [5.41, 5.74) is -0.709. The average molecular weight is 386 g/mol. The van der Waals surface area contributed by atoms with Gasteiger partial charge in [-0.2, -0.15) is 13.2 Å². The van der Waals surface area contributed by atoms with Gasteiger partial charge in [-0.3, -0.25) is 0 Å². The van der Waals surface area contributed by atoms with E-state index in [2.05, 4.69) is 5.32 Å². The molecular weight excluding hydrogens is 361 g/mol. The van der Waals surface area contributed by atoms with Gasteiger partial charge in [-0.1, -0.05) is 18.2 Å².